The Morgan fingerprint density at radius 2 is 2.19 bits per heavy atom. The van der Waals surface area contributed by atoms with Gasteiger partial charge >= 0.3 is 0 Å². The molecule has 1 aromatic heterocycles. The molecule has 16 heavy (non-hydrogen) atoms. The van der Waals surface area contributed by atoms with Gasteiger partial charge in [-0.1, -0.05) is 20.8 Å². The van der Waals surface area contributed by atoms with Crippen molar-refractivity contribution in [3.8, 4) is 0 Å². The fourth-order valence-electron chi connectivity index (χ4n) is 2.09. The van der Waals surface area contributed by atoms with Gasteiger partial charge in [0.2, 0.25) is 5.91 Å². The van der Waals surface area contributed by atoms with Gasteiger partial charge in [0.1, 0.15) is 0 Å². The molecule has 1 saturated heterocycles. The molecule has 0 radical (unpaired) electrons. The highest BCUT2D eigenvalue weighted by molar-refractivity contribution is 7.71. The zero-order valence-electron chi connectivity index (χ0n) is 9.83. The van der Waals surface area contributed by atoms with Gasteiger partial charge in [0.15, 0.2) is 4.77 Å². The van der Waals surface area contributed by atoms with Crippen molar-refractivity contribution in [1.29, 1.82) is 0 Å². The van der Waals surface area contributed by atoms with Crippen molar-refractivity contribution in [3.05, 3.63) is 16.7 Å². The second-order valence-electron chi connectivity index (χ2n) is 5.26. The number of nitrogens with zero attached hydrogens (tertiary/aromatic N) is 1. The third kappa shape index (κ3) is 1.91. The molecule has 2 heterocycles. The number of hydrogen-bond acceptors (Lipinski definition) is 2. The smallest absolute Gasteiger partial charge is 0.222 e. The number of H-pyrrole nitrogens is 1. The number of rotatable bonds is 1. The lowest BCUT2D eigenvalue weighted by atomic mass is 9.92. The predicted octanol–water partition coefficient (Wildman–Crippen LogP) is 1.90. The summed E-state index contributed by atoms with van der Waals surface area (Å²) in [5.74, 6) is 0.105. The van der Waals surface area contributed by atoms with Crippen LogP contribution in [-0.4, -0.2) is 22.0 Å². The van der Waals surface area contributed by atoms with Crippen LogP contribution in [-0.2, 0) is 10.2 Å². The zero-order chi connectivity index (χ0) is 11.9. The minimum Gasteiger partial charge on any atom is -0.354 e. The number of carbonyl (C=O) groups is 1. The second-order valence-corrected chi connectivity index (χ2v) is 5.65. The minimum atomic E-state index is 0.0270. The van der Waals surface area contributed by atoms with E-state index in [2.05, 4.69) is 35.6 Å². The SMILES string of the molecule is CC(C)(C)c1c[nH]c(=S)n1C1CNC(=O)C1. The number of aromatic amines is 1. The van der Waals surface area contributed by atoms with Crippen LogP contribution in [0.1, 0.15) is 38.9 Å². The Balaban J connectivity index is 2.44. The van der Waals surface area contributed by atoms with Gasteiger partial charge < -0.3 is 14.9 Å². The van der Waals surface area contributed by atoms with Crippen molar-refractivity contribution in [1.82, 2.24) is 14.9 Å². The van der Waals surface area contributed by atoms with Crippen molar-refractivity contribution >= 4 is 18.1 Å². The molecular formula is C11H17N3OS. The van der Waals surface area contributed by atoms with Crippen LogP contribution in [0.15, 0.2) is 6.20 Å². The van der Waals surface area contributed by atoms with Crippen LogP contribution in [0.4, 0.5) is 0 Å². The number of nitrogens with one attached hydrogen (secondary N) is 2. The molecule has 0 saturated carbocycles. The summed E-state index contributed by atoms with van der Waals surface area (Å²) >= 11 is 5.29. The monoisotopic (exact) mass is 239 g/mol. The third-order valence-corrected chi connectivity index (χ3v) is 3.21. The molecule has 0 aliphatic carbocycles. The summed E-state index contributed by atoms with van der Waals surface area (Å²) in [7, 11) is 0. The van der Waals surface area contributed by atoms with E-state index in [1.165, 1.54) is 0 Å². The molecule has 0 aromatic carbocycles. The summed E-state index contributed by atoms with van der Waals surface area (Å²) in [5, 5.41) is 2.84. The Labute approximate surface area is 100 Å². The molecule has 88 valence electrons. The van der Waals surface area contributed by atoms with Gasteiger partial charge in [-0.25, -0.2) is 0 Å². The van der Waals surface area contributed by atoms with E-state index in [-0.39, 0.29) is 17.4 Å². The largest absolute Gasteiger partial charge is 0.354 e. The number of amides is 1. The summed E-state index contributed by atoms with van der Waals surface area (Å²) in [5.41, 5.74) is 1.18. The maximum atomic E-state index is 11.3. The van der Waals surface area contributed by atoms with Crippen LogP contribution in [0.5, 0.6) is 0 Å². The quantitative estimate of drug-likeness (QED) is 0.735. The van der Waals surface area contributed by atoms with E-state index < -0.39 is 0 Å². The van der Waals surface area contributed by atoms with Crippen molar-refractivity contribution < 1.29 is 4.79 Å². The molecule has 1 atom stereocenters. The first kappa shape index (κ1) is 11.4. The molecule has 1 aliphatic heterocycles. The van der Waals surface area contributed by atoms with Crippen LogP contribution in [0.3, 0.4) is 0 Å². The average molecular weight is 239 g/mol. The van der Waals surface area contributed by atoms with Crippen LogP contribution in [0, 0.1) is 4.77 Å². The molecule has 1 fully saturated rings. The standard InChI is InChI=1S/C11H17N3OS/c1-11(2,3)8-6-13-10(16)14(8)7-4-9(15)12-5-7/h6-7H,4-5H2,1-3H3,(H,12,15)(H,13,16). The molecule has 2 N–H and O–H groups in total. The Kier molecular flexibility index (Phi) is 2.66. The Morgan fingerprint density at radius 3 is 2.69 bits per heavy atom. The number of hydrogen-bond donors (Lipinski definition) is 2. The first-order valence-corrected chi connectivity index (χ1v) is 5.87. The molecule has 1 unspecified atom stereocenters. The van der Waals surface area contributed by atoms with Crippen LogP contribution in [0.2, 0.25) is 0 Å². The van der Waals surface area contributed by atoms with Gasteiger partial charge in [0.25, 0.3) is 0 Å². The first-order valence-electron chi connectivity index (χ1n) is 5.46. The molecule has 1 amide bonds. The molecule has 5 heteroatoms. The Hall–Kier alpha value is -1.10. The second kappa shape index (κ2) is 3.73. The molecule has 0 spiro atoms. The summed E-state index contributed by atoms with van der Waals surface area (Å²) in [6.07, 6.45) is 2.47. The van der Waals surface area contributed by atoms with Crippen molar-refractivity contribution in [3.63, 3.8) is 0 Å². The van der Waals surface area contributed by atoms with E-state index in [1.807, 2.05) is 6.20 Å². The first-order chi connectivity index (χ1) is 7.39. The Bertz CT molecular complexity index is 466. The van der Waals surface area contributed by atoms with E-state index >= 15 is 0 Å². The zero-order valence-corrected chi connectivity index (χ0v) is 10.6. The van der Waals surface area contributed by atoms with Crippen molar-refractivity contribution in [2.75, 3.05) is 6.54 Å². The van der Waals surface area contributed by atoms with Crippen molar-refractivity contribution in [2.45, 2.75) is 38.6 Å². The van der Waals surface area contributed by atoms with Gasteiger partial charge in [-0.15, -0.1) is 0 Å². The lowest BCUT2D eigenvalue weighted by molar-refractivity contribution is -0.119. The van der Waals surface area contributed by atoms with Gasteiger partial charge in [0, 0.05) is 30.3 Å². The van der Waals surface area contributed by atoms with Crippen LogP contribution in [0.25, 0.3) is 0 Å². The minimum absolute atomic E-state index is 0.0270. The summed E-state index contributed by atoms with van der Waals surface area (Å²) in [6.45, 7) is 7.11. The van der Waals surface area contributed by atoms with E-state index in [1.54, 1.807) is 0 Å². The highest BCUT2D eigenvalue weighted by atomic mass is 32.1. The highest BCUT2D eigenvalue weighted by Crippen LogP contribution is 2.27. The number of aromatic nitrogens is 2. The van der Waals surface area contributed by atoms with Gasteiger partial charge in [-0.05, 0) is 12.2 Å². The lowest BCUT2D eigenvalue weighted by Crippen LogP contribution is -2.22. The maximum absolute atomic E-state index is 11.3. The third-order valence-electron chi connectivity index (χ3n) is 2.90. The topological polar surface area (TPSA) is 49.8 Å². The normalized spacial score (nSPS) is 21.2. The van der Waals surface area contributed by atoms with Crippen LogP contribution >= 0.6 is 12.2 Å². The average Bonchev–Trinajstić information content (AvgIpc) is 2.70. The van der Waals surface area contributed by atoms with Crippen molar-refractivity contribution in [2.24, 2.45) is 0 Å². The number of carbonyl (C=O) groups excluding carboxylic acids is 1. The van der Waals surface area contributed by atoms with E-state index in [0.717, 1.165) is 5.69 Å². The summed E-state index contributed by atoms with van der Waals surface area (Å²) < 4.78 is 2.78. The summed E-state index contributed by atoms with van der Waals surface area (Å²) in [6, 6.07) is 0.153. The number of imidazole rings is 1. The fraction of sp³-hybridized carbons (Fsp3) is 0.636. The predicted molar refractivity (Wildman–Crippen MR) is 65.0 cm³/mol. The highest BCUT2D eigenvalue weighted by Gasteiger charge is 2.28. The lowest BCUT2D eigenvalue weighted by Gasteiger charge is -2.23. The van der Waals surface area contributed by atoms with Crippen LogP contribution < -0.4 is 5.32 Å². The molecule has 1 aliphatic rings. The molecule has 4 nitrogen and oxygen atoms in total. The van der Waals surface area contributed by atoms with Gasteiger partial charge in [0.05, 0.1) is 6.04 Å². The van der Waals surface area contributed by atoms with E-state index in [0.29, 0.717) is 17.7 Å². The van der Waals surface area contributed by atoms with E-state index in [9.17, 15) is 4.79 Å². The van der Waals surface area contributed by atoms with Gasteiger partial charge in [-0.3, -0.25) is 4.79 Å². The van der Waals surface area contributed by atoms with Gasteiger partial charge in [-0.2, -0.15) is 0 Å². The maximum Gasteiger partial charge on any atom is 0.222 e. The molecular weight excluding hydrogens is 222 g/mol. The Morgan fingerprint density at radius 1 is 1.50 bits per heavy atom. The summed E-state index contributed by atoms with van der Waals surface area (Å²) in [4.78, 5) is 14.3. The molecule has 2 rings (SSSR count). The fourth-order valence-corrected chi connectivity index (χ4v) is 2.40. The molecule has 1 aromatic rings. The molecule has 0 bridgehead atoms. The van der Waals surface area contributed by atoms with E-state index in [4.69, 9.17) is 12.2 Å².